The van der Waals surface area contributed by atoms with Crippen molar-refractivity contribution < 1.29 is 9.47 Å². The van der Waals surface area contributed by atoms with Crippen LogP contribution in [0.2, 0.25) is 0 Å². The number of ether oxygens (including phenoxy) is 2. The van der Waals surface area contributed by atoms with Gasteiger partial charge in [-0.05, 0) is 26.0 Å². The third-order valence-corrected chi connectivity index (χ3v) is 2.93. The Kier molecular flexibility index (Phi) is 4.34. The smallest absolute Gasteiger partial charge is 0.225 e. The molecule has 0 atom stereocenters. The summed E-state index contributed by atoms with van der Waals surface area (Å²) in [6.07, 6.45) is 1.42. The van der Waals surface area contributed by atoms with Crippen molar-refractivity contribution in [2.45, 2.75) is 20.4 Å². The van der Waals surface area contributed by atoms with Gasteiger partial charge in [0.05, 0.1) is 37.7 Å². The Balaban J connectivity index is 2.22. The van der Waals surface area contributed by atoms with Gasteiger partial charge in [0.2, 0.25) is 11.8 Å². The van der Waals surface area contributed by atoms with Gasteiger partial charge in [0.15, 0.2) is 0 Å². The fourth-order valence-corrected chi connectivity index (χ4v) is 1.94. The highest BCUT2D eigenvalue weighted by Crippen LogP contribution is 2.25. The fourth-order valence-electron chi connectivity index (χ4n) is 1.94. The van der Waals surface area contributed by atoms with Gasteiger partial charge in [0.25, 0.3) is 0 Å². The molecule has 2 rings (SSSR count). The van der Waals surface area contributed by atoms with Crippen molar-refractivity contribution in [3.8, 4) is 11.8 Å². The van der Waals surface area contributed by atoms with E-state index in [1.165, 1.54) is 6.33 Å². The van der Waals surface area contributed by atoms with Crippen LogP contribution in [0.1, 0.15) is 17.0 Å². The normalized spacial score (nSPS) is 10.2. The van der Waals surface area contributed by atoms with Gasteiger partial charge in [0.1, 0.15) is 6.33 Å². The zero-order chi connectivity index (χ0) is 14.5. The first-order chi connectivity index (χ1) is 9.65. The zero-order valence-corrected chi connectivity index (χ0v) is 12.1. The third kappa shape index (κ3) is 2.96. The number of rotatable bonds is 5. The van der Waals surface area contributed by atoms with E-state index < -0.39 is 0 Å². The maximum Gasteiger partial charge on any atom is 0.225 e. The minimum absolute atomic E-state index is 0.499. The Bertz CT molecular complexity index is 579. The van der Waals surface area contributed by atoms with Crippen molar-refractivity contribution in [3.05, 3.63) is 35.4 Å². The van der Waals surface area contributed by atoms with E-state index in [0.717, 1.165) is 22.6 Å². The second kappa shape index (κ2) is 6.18. The number of pyridine rings is 1. The minimum Gasteiger partial charge on any atom is -0.481 e. The molecule has 6 heteroatoms. The molecular weight excluding hydrogens is 256 g/mol. The summed E-state index contributed by atoms with van der Waals surface area (Å²) in [5.41, 5.74) is 3.67. The first-order valence-electron chi connectivity index (χ1n) is 6.25. The van der Waals surface area contributed by atoms with Crippen LogP contribution in [-0.2, 0) is 6.54 Å². The molecule has 0 bridgehead atoms. The number of methoxy groups -OCH3 is 2. The minimum atomic E-state index is 0.499. The molecule has 1 N–H and O–H groups in total. The molecule has 0 saturated heterocycles. The van der Waals surface area contributed by atoms with Gasteiger partial charge in [-0.2, -0.15) is 0 Å². The van der Waals surface area contributed by atoms with Crippen LogP contribution in [0.3, 0.4) is 0 Å². The first kappa shape index (κ1) is 14.0. The number of aryl methyl sites for hydroxylation is 2. The van der Waals surface area contributed by atoms with E-state index in [0.29, 0.717) is 18.3 Å². The summed E-state index contributed by atoms with van der Waals surface area (Å²) in [7, 11) is 3.15. The highest BCUT2D eigenvalue weighted by Gasteiger charge is 2.13. The molecule has 0 unspecified atom stereocenters. The van der Waals surface area contributed by atoms with Crippen molar-refractivity contribution in [3.63, 3.8) is 0 Å². The summed E-state index contributed by atoms with van der Waals surface area (Å²) in [5, 5.41) is 3.30. The molecule has 0 aliphatic carbocycles. The van der Waals surface area contributed by atoms with Gasteiger partial charge in [0, 0.05) is 5.69 Å². The number of hydrogen-bond acceptors (Lipinski definition) is 6. The number of nitrogens with one attached hydrogen (secondary N) is 1. The maximum atomic E-state index is 5.24. The van der Waals surface area contributed by atoms with Crippen LogP contribution < -0.4 is 14.8 Å². The van der Waals surface area contributed by atoms with Crippen molar-refractivity contribution >= 4 is 5.69 Å². The number of hydrogen-bond donors (Lipinski definition) is 1. The largest absolute Gasteiger partial charge is 0.481 e. The topological polar surface area (TPSA) is 69.2 Å². The van der Waals surface area contributed by atoms with Gasteiger partial charge >= 0.3 is 0 Å². The third-order valence-electron chi connectivity index (χ3n) is 2.93. The predicted molar refractivity (Wildman–Crippen MR) is 76.2 cm³/mol. The lowest BCUT2D eigenvalue weighted by atomic mass is 10.2. The maximum absolute atomic E-state index is 5.24. The van der Waals surface area contributed by atoms with E-state index in [2.05, 4.69) is 20.3 Å². The summed E-state index contributed by atoms with van der Waals surface area (Å²) < 4.78 is 10.5. The lowest BCUT2D eigenvalue weighted by molar-refractivity contribution is 0.363. The Morgan fingerprint density at radius 2 is 1.70 bits per heavy atom. The van der Waals surface area contributed by atoms with E-state index in [4.69, 9.17) is 9.47 Å². The monoisotopic (exact) mass is 274 g/mol. The molecule has 0 amide bonds. The van der Waals surface area contributed by atoms with Gasteiger partial charge in [-0.25, -0.2) is 9.97 Å². The second-order valence-electron chi connectivity index (χ2n) is 4.31. The van der Waals surface area contributed by atoms with Crippen LogP contribution in [0.15, 0.2) is 18.5 Å². The van der Waals surface area contributed by atoms with Crippen LogP contribution in [0.4, 0.5) is 5.69 Å². The van der Waals surface area contributed by atoms with Crippen LogP contribution in [0, 0.1) is 13.8 Å². The molecule has 0 spiro atoms. The van der Waals surface area contributed by atoms with Crippen LogP contribution in [0.25, 0.3) is 0 Å². The van der Waals surface area contributed by atoms with E-state index in [1.54, 1.807) is 14.2 Å². The first-order valence-corrected chi connectivity index (χ1v) is 6.25. The fraction of sp³-hybridized carbons (Fsp3) is 0.357. The second-order valence-corrected chi connectivity index (χ2v) is 4.31. The lowest BCUT2D eigenvalue weighted by Gasteiger charge is -2.13. The highest BCUT2D eigenvalue weighted by molar-refractivity contribution is 5.49. The number of aromatic nitrogens is 3. The van der Waals surface area contributed by atoms with E-state index in [-0.39, 0.29) is 0 Å². The van der Waals surface area contributed by atoms with E-state index in [1.807, 2.05) is 26.0 Å². The molecule has 0 radical (unpaired) electrons. The van der Waals surface area contributed by atoms with Crippen molar-refractivity contribution in [2.75, 3.05) is 19.5 Å². The Morgan fingerprint density at radius 3 is 2.25 bits per heavy atom. The Hall–Kier alpha value is -2.37. The van der Waals surface area contributed by atoms with Crippen LogP contribution in [-0.4, -0.2) is 29.2 Å². The Morgan fingerprint density at radius 1 is 1.05 bits per heavy atom. The number of anilines is 1. The molecule has 0 aliphatic heterocycles. The van der Waals surface area contributed by atoms with Gasteiger partial charge in [-0.1, -0.05) is 0 Å². The van der Waals surface area contributed by atoms with Gasteiger partial charge in [-0.15, -0.1) is 0 Å². The molecular formula is C14H18N4O2. The number of nitrogens with zero attached hydrogens (tertiary/aromatic N) is 3. The molecule has 0 aromatic carbocycles. The SMILES string of the molecule is COc1ncnc(OC)c1CNc1ccc(C)nc1C. The summed E-state index contributed by atoms with van der Waals surface area (Å²) in [6.45, 7) is 4.43. The molecule has 2 aromatic heterocycles. The molecule has 6 nitrogen and oxygen atoms in total. The zero-order valence-electron chi connectivity index (χ0n) is 12.1. The van der Waals surface area contributed by atoms with Gasteiger partial charge in [-0.3, -0.25) is 4.98 Å². The lowest BCUT2D eigenvalue weighted by Crippen LogP contribution is -2.08. The Labute approximate surface area is 118 Å². The quantitative estimate of drug-likeness (QED) is 0.900. The molecule has 2 heterocycles. The van der Waals surface area contributed by atoms with Crippen molar-refractivity contribution in [1.82, 2.24) is 15.0 Å². The van der Waals surface area contributed by atoms with Crippen molar-refractivity contribution in [2.24, 2.45) is 0 Å². The summed E-state index contributed by atoms with van der Waals surface area (Å²) in [4.78, 5) is 12.6. The summed E-state index contributed by atoms with van der Waals surface area (Å²) in [5.74, 6) is 1.00. The highest BCUT2D eigenvalue weighted by atomic mass is 16.5. The molecule has 0 aliphatic rings. The summed E-state index contributed by atoms with van der Waals surface area (Å²) >= 11 is 0. The molecule has 106 valence electrons. The van der Waals surface area contributed by atoms with Crippen LogP contribution in [0.5, 0.6) is 11.8 Å². The standard InChI is InChI=1S/C14H18N4O2/c1-9-5-6-12(10(2)18-9)15-7-11-13(19-3)16-8-17-14(11)20-4/h5-6,8,15H,7H2,1-4H3. The van der Waals surface area contributed by atoms with E-state index >= 15 is 0 Å². The van der Waals surface area contributed by atoms with Crippen molar-refractivity contribution in [1.29, 1.82) is 0 Å². The molecule has 0 fully saturated rings. The molecule has 0 saturated carbocycles. The average Bonchev–Trinajstić information content (AvgIpc) is 2.46. The van der Waals surface area contributed by atoms with Crippen LogP contribution >= 0.6 is 0 Å². The van der Waals surface area contributed by atoms with Gasteiger partial charge < -0.3 is 14.8 Å². The van der Waals surface area contributed by atoms with E-state index in [9.17, 15) is 0 Å². The average molecular weight is 274 g/mol. The molecule has 20 heavy (non-hydrogen) atoms. The predicted octanol–water partition coefficient (Wildman–Crippen LogP) is 2.12. The molecule has 2 aromatic rings. The summed E-state index contributed by atoms with van der Waals surface area (Å²) in [6, 6.07) is 3.96.